The summed E-state index contributed by atoms with van der Waals surface area (Å²) in [6.45, 7) is 0.663. The first kappa shape index (κ1) is 14.4. The molecule has 3 N–H and O–H groups in total. The van der Waals surface area contributed by atoms with Crippen LogP contribution in [0.25, 0.3) is 0 Å². The smallest absolute Gasteiger partial charge is 0.306 e. The molecule has 0 aliphatic carbocycles. The van der Waals surface area contributed by atoms with E-state index in [-0.39, 0.29) is 18.3 Å². The lowest BCUT2D eigenvalue weighted by Crippen LogP contribution is -2.36. The Labute approximate surface area is 118 Å². The lowest BCUT2D eigenvalue weighted by molar-refractivity contribution is -0.155. The van der Waals surface area contributed by atoms with Crippen LogP contribution in [0.15, 0.2) is 24.3 Å². The van der Waals surface area contributed by atoms with Crippen molar-refractivity contribution < 1.29 is 14.3 Å². The maximum Gasteiger partial charge on any atom is 0.306 e. The summed E-state index contributed by atoms with van der Waals surface area (Å²) in [5.74, 6) is -0.519. The number of hydrogen-bond donors (Lipinski definition) is 2. The topological polar surface area (TPSA) is 81.4 Å². The number of nitrogen functional groups attached to an aromatic ring is 1. The van der Waals surface area contributed by atoms with Gasteiger partial charge in [-0.2, -0.15) is 0 Å². The summed E-state index contributed by atoms with van der Waals surface area (Å²) >= 11 is 0. The van der Waals surface area contributed by atoms with Gasteiger partial charge in [-0.15, -0.1) is 0 Å². The monoisotopic (exact) mass is 276 g/mol. The van der Waals surface area contributed by atoms with Gasteiger partial charge in [-0.25, -0.2) is 0 Å². The largest absolute Gasteiger partial charge is 0.452 e. The predicted molar refractivity (Wildman–Crippen MR) is 75.9 cm³/mol. The maximum atomic E-state index is 11.8. The molecular formula is C15H20N2O3. The van der Waals surface area contributed by atoms with Crippen LogP contribution in [0.3, 0.4) is 0 Å². The zero-order valence-electron chi connectivity index (χ0n) is 11.4. The zero-order valence-corrected chi connectivity index (χ0v) is 11.4. The van der Waals surface area contributed by atoms with Crippen LogP contribution in [0.2, 0.25) is 0 Å². The van der Waals surface area contributed by atoms with Crippen molar-refractivity contribution >= 4 is 17.6 Å². The van der Waals surface area contributed by atoms with Crippen molar-refractivity contribution in [2.24, 2.45) is 0 Å². The van der Waals surface area contributed by atoms with Crippen LogP contribution in [-0.2, 0) is 20.7 Å². The second kappa shape index (κ2) is 6.93. The molecule has 0 bridgehead atoms. The van der Waals surface area contributed by atoms with Crippen LogP contribution in [0.4, 0.5) is 5.69 Å². The molecule has 1 aromatic carbocycles. The van der Waals surface area contributed by atoms with Gasteiger partial charge in [0.1, 0.15) is 0 Å². The summed E-state index contributed by atoms with van der Waals surface area (Å²) in [7, 11) is 0. The van der Waals surface area contributed by atoms with E-state index in [9.17, 15) is 9.59 Å². The number of rotatable bonds is 4. The van der Waals surface area contributed by atoms with E-state index < -0.39 is 6.10 Å². The van der Waals surface area contributed by atoms with Crippen LogP contribution < -0.4 is 11.1 Å². The Hall–Kier alpha value is -2.04. The summed E-state index contributed by atoms with van der Waals surface area (Å²) in [6.07, 6.45) is 2.63. The Morgan fingerprint density at radius 3 is 3.05 bits per heavy atom. The molecule has 1 aliphatic rings. The van der Waals surface area contributed by atoms with E-state index in [4.69, 9.17) is 10.5 Å². The minimum atomic E-state index is -0.633. The molecule has 1 aliphatic heterocycles. The Morgan fingerprint density at radius 1 is 1.40 bits per heavy atom. The molecule has 2 rings (SSSR count). The van der Waals surface area contributed by atoms with Gasteiger partial charge in [-0.3, -0.25) is 9.59 Å². The Kier molecular flexibility index (Phi) is 4.98. The second-order valence-corrected chi connectivity index (χ2v) is 5.01. The molecule has 20 heavy (non-hydrogen) atoms. The van der Waals surface area contributed by atoms with Gasteiger partial charge < -0.3 is 15.8 Å². The van der Waals surface area contributed by atoms with Gasteiger partial charge in [-0.1, -0.05) is 12.1 Å². The number of hydrogen-bond acceptors (Lipinski definition) is 4. The van der Waals surface area contributed by atoms with Crippen LogP contribution >= 0.6 is 0 Å². The van der Waals surface area contributed by atoms with Crippen molar-refractivity contribution in [2.45, 2.75) is 38.2 Å². The quantitative estimate of drug-likeness (QED) is 0.643. The molecule has 5 heteroatoms. The molecule has 0 spiro atoms. The molecule has 0 radical (unpaired) electrons. The Balaban J connectivity index is 1.81. The fraction of sp³-hybridized carbons (Fsp3) is 0.467. The molecule has 1 saturated heterocycles. The van der Waals surface area contributed by atoms with Crippen LogP contribution in [0.5, 0.6) is 0 Å². The number of amides is 1. The average Bonchev–Trinajstić information content (AvgIpc) is 2.62. The predicted octanol–water partition coefficient (Wildman–Crippen LogP) is 1.41. The van der Waals surface area contributed by atoms with E-state index >= 15 is 0 Å². The molecule has 1 fully saturated rings. The fourth-order valence-electron chi connectivity index (χ4n) is 2.24. The van der Waals surface area contributed by atoms with Crippen molar-refractivity contribution in [1.82, 2.24) is 5.32 Å². The number of benzene rings is 1. The van der Waals surface area contributed by atoms with E-state index in [2.05, 4.69) is 5.32 Å². The van der Waals surface area contributed by atoms with Crippen LogP contribution in [0.1, 0.15) is 31.2 Å². The third kappa shape index (κ3) is 4.26. The summed E-state index contributed by atoms with van der Waals surface area (Å²) in [4.78, 5) is 23.5. The van der Waals surface area contributed by atoms with Gasteiger partial charge >= 0.3 is 5.97 Å². The highest BCUT2D eigenvalue weighted by molar-refractivity contribution is 5.83. The molecule has 1 aromatic rings. The van der Waals surface area contributed by atoms with Gasteiger partial charge in [0.05, 0.1) is 0 Å². The summed E-state index contributed by atoms with van der Waals surface area (Å²) in [5, 5.41) is 2.75. The number of anilines is 1. The number of esters is 1. The number of carbonyl (C=O) groups is 2. The molecule has 108 valence electrons. The van der Waals surface area contributed by atoms with E-state index in [1.54, 1.807) is 6.07 Å². The lowest BCUT2D eigenvalue weighted by atomic mass is 10.1. The molecule has 1 heterocycles. The second-order valence-electron chi connectivity index (χ2n) is 5.01. The summed E-state index contributed by atoms with van der Waals surface area (Å²) in [5.41, 5.74) is 7.35. The van der Waals surface area contributed by atoms with E-state index in [1.807, 2.05) is 18.2 Å². The number of nitrogens with one attached hydrogen (secondary N) is 1. The third-order valence-corrected chi connectivity index (χ3v) is 3.33. The average molecular weight is 276 g/mol. The minimum absolute atomic E-state index is 0.181. The van der Waals surface area contributed by atoms with E-state index in [0.717, 1.165) is 18.4 Å². The zero-order chi connectivity index (χ0) is 14.4. The lowest BCUT2D eigenvalue weighted by Gasteiger charge is -2.14. The van der Waals surface area contributed by atoms with Gasteiger partial charge in [0.15, 0.2) is 6.10 Å². The van der Waals surface area contributed by atoms with Crippen LogP contribution in [-0.4, -0.2) is 24.5 Å². The van der Waals surface area contributed by atoms with Crippen LogP contribution in [0, 0.1) is 0 Å². The van der Waals surface area contributed by atoms with Gasteiger partial charge in [0, 0.05) is 18.7 Å². The minimum Gasteiger partial charge on any atom is -0.452 e. The number of aryl methyl sites for hydroxylation is 1. The summed E-state index contributed by atoms with van der Waals surface area (Å²) < 4.78 is 5.25. The van der Waals surface area contributed by atoms with E-state index in [0.29, 0.717) is 25.1 Å². The Morgan fingerprint density at radius 2 is 2.25 bits per heavy atom. The maximum absolute atomic E-state index is 11.8. The number of nitrogens with two attached hydrogens (primary N) is 1. The van der Waals surface area contributed by atoms with Gasteiger partial charge in [0.2, 0.25) is 0 Å². The third-order valence-electron chi connectivity index (χ3n) is 3.33. The van der Waals surface area contributed by atoms with Crippen molar-refractivity contribution in [2.75, 3.05) is 12.3 Å². The molecule has 1 unspecified atom stereocenters. The standard InChI is InChI=1S/C15H20N2O3/c16-12-5-3-4-11(10-12)7-8-14(18)20-13-6-1-2-9-17-15(13)19/h3-5,10,13H,1-2,6-9,16H2,(H,17,19). The Bertz CT molecular complexity index is 488. The first-order valence-corrected chi connectivity index (χ1v) is 6.97. The van der Waals surface area contributed by atoms with Crippen molar-refractivity contribution in [3.8, 4) is 0 Å². The molecule has 0 aromatic heterocycles. The highest BCUT2D eigenvalue weighted by Crippen LogP contribution is 2.12. The first-order valence-electron chi connectivity index (χ1n) is 6.97. The molecular weight excluding hydrogens is 256 g/mol. The van der Waals surface area contributed by atoms with Crippen molar-refractivity contribution in [3.05, 3.63) is 29.8 Å². The molecule has 5 nitrogen and oxygen atoms in total. The number of ether oxygens (including phenoxy) is 1. The molecule has 1 amide bonds. The van der Waals surface area contributed by atoms with Crippen molar-refractivity contribution in [3.63, 3.8) is 0 Å². The SMILES string of the molecule is Nc1cccc(CCC(=O)OC2CCCCNC2=O)c1. The summed E-state index contributed by atoms with van der Waals surface area (Å²) in [6, 6.07) is 7.42. The van der Waals surface area contributed by atoms with Gasteiger partial charge in [0.25, 0.3) is 5.91 Å². The highest BCUT2D eigenvalue weighted by Gasteiger charge is 2.24. The van der Waals surface area contributed by atoms with E-state index in [1.165, 1.54) is 0 Å². The highest BCUT2D eigenvalue weighted by atomic mass is 16.5. The van der Waals surface area contributed by atoms with Crippen molar-refractivity contribution in [1.29, 1.82) is 0 Å². The van der Waals surface area contributed by atoms with Gasteiger partial charge in [-0.05, 0) is 43.4 Å². The molecule has 0 saturated carbocycles. The first-order chi connectivity index (χ1) is 9.65. The normalized spacial score (nSPS) is 19.0. The number of carbonyl (C=O) groups excluding carboxylic acids is 2. The fourth-order valence-corrected chi connectivity index (χ4v) is 2.24. The molecule has 1 atom stereocenters.